The first kappa shape index (κ1) is 18.7. The van der Waals surface area contributed by atoms with E-state index in [-0.39, 0.29) is 5.92 Å². The van der Waals surface area contributed by atoms with Crippen molar-refractivity contribution < 1.29 is 9.90 Å². The zero-order valence-electron chi connectivity index (χ0n) is 15.4. The van der Waals surface area contributed by atoms with Crippen LogP contribution >= 0.6 is 0 Å². The number of unbranched alkanes of at least 4 members (excludes halogenated alkanes) is 2. The molecule has 0 unspecified atom stereocenters. The van der Waals surface area contributed by atoms with Crippen LogP contribution in [0.1, 0.15) is 48.0 Å². The Hall–Kier alpha value is -2.13. The maximum Gasteiger partial charge on any atom is 0.166 e. The minimum absolute atomic E-state index is 0.190. The molecule has 26 heavy (non-hydrogen) atoms. The van der Waals surface area contributed by atoms with Crippen LogP contribution in [0.15, 0.2) is 54.6 Å². The van der Waals surface area contributed by atoms with Crippen molar-refractivity contribution in [1.82, 2.24) is 4.90 Å². The number of aromatic hydroxyl groups is 1. The summed E-state index contributed by atoms with van der Waals surface area (Å²) in [4.78, 5) is 15.0. The summed E-state index contributed by atoms with van der Waals surface area (Å²) in [6.07, 6.45) is 6.38. The summed E-state index contributed by atoms with van der Waals surface area (Å²) in [6.45, 7) is 3.18. The van der Waals surface area contributed by atoms with Crippen molar-refractivity contribution in [2.45, 2.75) is 38.5 Å². The highest BCUT2D eigenvalue weighted by Gasteiger charge is 2.25. The molecule has 0 spiro atoms. The average Bonchev–Trinajstić information content (AvgIpc) is 2.70. The Kier molecular flexibility index (Phi) is 6.84. The quantitative estimate of drug-likeness (QED) is 0.553. The molecule has 2 aromatic carbocycles. The Labute approximate surface area is 156 Å². The zero-order valence-corrected chi connectivity index (χ0v) is 15.4. The van der Waals surface area contributed by atoms with Crippen molar-refractivity contribution in [3.63, 3.8) is 0 Å². The number of phenols is 1. The third kappa shape index (κ3) is 5.18. The van der Waals surface area contributed by atoms with Gasteiger partial charge in [-0.25, -0.2) is 0 Å². The summed E-state index contributed by atoms with van der Waals surface area (Å²) in [5.41, 5.74) is 1.91. The Bertz CT molecular complexity index is 690. The van der Waals surface area contributed by atoms with E-state index in [1.54, 1.807) is 6.07 Å². The molecule has 0 bridgehead atoms. The summed E-state index contributed by atoms with van der Waals surface area (Å²) in [5, 5.41) is 9.79. The fourth-order valence-corrected chi connectivity index (χ4v) is 3.81. The highest BCUT2D eigenvalue weighted by molar-refractivity contribution is 5.97. The standard InChI is InChI=1S/C23H29NO2/c25-22-13-7-6-10-19(22)9-5-2-8-16-24-17-14-21(15-18-24)23(26)20-11-3-1-4-12-20/h1,3-4,6-7,10-13,21,25H,2,5,8-9,14-18H2. The molecule has 0 amide bonds. The van der Waals surface area contributed by atoms with Crippen molar-refractivity contribution in [3.8, 4) is 5.75 Å². The predicted molar refractivity (Wildman–Crippen MR) is 106 cm³/mol. The highest BCUT2D eigenvalue weighted by atomic mass is 16.3. The fourth-order valence-electron chi connectivity index (χ4n) is 3.81. The number of carbonyl (C=O) groups is 1. The van der Waals surface area contributed by atoms with Gasteiger partial charge >= 0.3 is 0 Å². The van der Waals surface area contributed by atoms with Crippen molar-refractivity contribution >= 4 is 5.78 Å². The van der Waals surface area contributed by atoms with Gasteiger partial charge in [0.05, 0.1) is 0 Å². The molecule has 1 N–H and O–H groups in total. The van der Waals surface area contributed by atoms with Gasteiger partial charge in [-0.1, -0.05) is 55.0 Å². The molecule has 0 aliphatic carbocycles. The van der Waals surface area contributed by atoms with Gasteiger partial charge in [-0.3, -0.25) is 4.79 Å². The molecule has 1 saturated heterocycles. The van der Waals surface area contributed by atoms with Gasteiger partial charge in [-0.05, 0) is 63.4 Å². The SMILES string of the molecule is O=C(c1ccccc1)C1CCN(CCCCCc2ccccc2O)CC1. The molecule has 0 aromatic heterocycles. The van der Waals surface area contributed by atoms with Crippen LogP contribution in [0.4, 0.5) is 0 Å². The molecule has 3 heteroatoms. The summed E-state index contributed by atoms with van der Waals surface area (Å²) in [7, 11) is 0. The van der Waals surface area contributed by atoms with Gasteiger partial charge < -0.3 is 10.0 Å². The summed E-state index contributed by atoms with van der Waals surface area (Å²) in [5.74, 6) is 0.917. The van der Waals surface area contributed by atoms with Gasteiger partial charge in [-0.2, -0.15) is 0 Å². The van der Waals surface area contributed by atoms with Gasteiger partial charge in [-0.15, -0.1) is 0 Å². The van der Waals surface area contributed by atoms with E-state index >= 15 is 0 Å². The Balaban J connectivity index is 1.32. The number of ketones is 1. The van der Waals surface area contributed by atoms with E-state index in [4.69, 9.17) is 0 Å². The Morgan fingerprint density at radius 2 is 1.62 bits per heavy atom. The second-order valence-electron chi connectivity index (χ2n) is 7.29. The van der Waals surface area contributed by atoms with Gasteiger partial charge in [0.2, 0.25) is 0 Å². The zero-order chi connectivity index (χ0) is 18.2. The van der Waals surface area contributed by atoms with Crippen molar-refractivity contribution in [2.75, 3.05) is 19.6 Å². The molecule has 0 radical (unpaired) electrons. The van der Waals surface area contributed by atoms with E-state index in [0.29, 0.717) is 11.5 Å². The topological polar surface area (TPSA) is 40.5 Å². The molecule has 1 aliphatic heterocycles. The monoisotopic (exact) mass is 351 g/mol. The van der Waals surface area contributed by atoms with Crippen molar-refractivity contribution in [1.29, 1.82) is 0 Å². The van der Waals surface area contributed by atoms with E-state index in [2.05, 4.69) is 4.90 Å². The van der Waals surface area contributed by atoms with E-state index in [9.17, 15) is 9.90 Å². The Morgan fingerprint density at radius 1 is 0.923 bits per heavy atom. The predicted octanol–water partition coefficient (Wildman–Crippen LogP) is 4.70. The van der Waals surface area contributed by atoms with Crippen LogP contribution in [-0.2, 0) is 6.42 Å². The lowest BCUT2D eigenvalue weighted by molar-refractivity contribution is 0.0839. The molecule has 1 heterocycles. The smallest absolute Gasteiger partial charge is 0.166 e. The van der Waals surface area contributed by atoms with Gasteiger partial charge in [0, 0.05) is 11.5 Å². The largest absolute Gasteiger partial charge is 0.508 e. The summed E-state index contributed by atoms with van der Waals surface area (Å²) in [6, 6.07) is 17.3. The number of rotatable bonds is 8. The molecule has 1 fully saturated rings. The summed E-state index contributed by atoms with van der Waals surface area (Å²) < 4.78 is 0. The van der Waals surface area contributed by atoms with E-state index in [0.717, 1.165) is 56.4 Å². The number of benzene rings is 2. The van der Waals surface area contributed by atoms with Gasteiger partial charge in [0.25, 0.3) is 0 Å². The van der Waals surface area contributed by atoms with Gasteiger partial charge in [0.1, 0.15) is 5.75 Å². The lowest BCUT2D eigenvalue weighted by Gasteiger charge is -2.31. The second kappa shape index (κ2) is 9.54. The molecular weight excluding hydrogens is 322 g/mol. The number of hydrogen-bond donors (Lipinski definition) is 1. The van der Waals surface area contributed by atoms with Crippen molar-refractivity contribution in [3.05, 3.63) is 65.7 Å². The molecular formula is C23H29NO2. The maximum absolute atomic E-state index is 12.5. The number of piperidine rings is 1. The minimum atomic E-state index is 0.190. The van der Waals surface area contributed by atoms with Crippen LogP contribution < -0.4 is 0 Å². The van der Waals surface area contributed by atoms with Crippen LogP contribution in [-0.4, -0.2) is 35.4 Å². The van der Waals surface area contributed by atoms with Crippen LogP contribution in [0.2, 0.25) is 0 Å². The number of Topliss-reactive ketones (excluding diaryl/α,β-unsaturated/α-hetero) is 1. The number of likely N-dealkylation sites (tertiary alicyclic amines) is 1. The van der Waals surface area contributed by atoms with Gasteiger partial charge in [0.15, 0.2) is 5.78 Å². The molecule has 3 rings (SSSR count). The van der Waals surface area contributed by atoms with Crippen LogP contribution in [0.3, 0.4) is 0 Å². The number of aryl methyl sites for hydroxylation is 1. The summed E-state index contributed by atoms with van der Waals surface area (Å²) >= 11 is 0. The highest BCUT2D eigenvalue weighted by Crippen LogP contribution is 2.22. The molecule has 3 nitrogen and oxygen atoms in total. The first-order valence-corrected chi connectivity index (χ1v) is 9.82. The van der Waals surface area contributed by atoms with Crippen LogP contribution in [0.5, 0.6) is 5.75 Å². The normalized spacial score (nSPS) is 15.8. The van der Waals surface area contributed by atoms with Crippen molar-refractivity contribution in [2.24, 2.45) is 5.92 Å². The average molecular weight is 351 g/mol. The molecule has 0 atom stereocenters. The first-order valence-electron chi connectivity index (χ1n) is 9.82. The Morgan fingerprint density at radius 3 is 2.35 bits per heavy atom. The molecule has 1 aliphatic rings. The molecule has 138 valence electrons. The van der Waals surface area contributed by atoms with E-state index in [1.807, 2.05) is 48.5 Å². The minimum Gasteiger partial charge on any atom is -0.508 e. The lowest BCUT2D eigenvalue weighted by atomic mass is 9.89. The molecule has 0 saturated carbocycles. The maximum atomic E-state index is 12.5. The number of nitrogens with zero attached hydrogens (tertiary/aromatic N) is 1. The lowest BCUT2D eigenvalue weighted by Crippen LogP contribution is -2.36. The van der Waals surface area contributed by atoms with E-state index in [1.165, 1.54) is 12.8 Å². The third-order valence-electron chi connectivity index (χ3n) is 5.43. The molecule has 2 aromatic rings. The number of carbonyl (C=O) groups excluding carboxylic acids is 1. The fraction of sp³-hybridized carbons (Fsp3) is 0.435. The number of phenolic OH excluding ortho intramolecular Hbond substituents is 1. The van der Waals surface area contributed by atoms with Crippen LogP contribution in [0.25, 0.3) is 0 Å². The number of para-hydroxylation sites is 1. The van der Waals surface area contributed by atoms with Crippen LogP contribution in [0, 0.1) is 5.92 Å². The number of hydrogen-bond acceptors (Lipinski definition) is 3. The third-order valence-corrected chi connectivity index (χ3v) is 5.43. The first-order chi connectivity index (χ1) is 12.7. The second-order valence-corrected chi connectivity index (χ2v) is 7.29. The van der Waals surface area contributed by atoms with E-state index < -0.39 is 0 Å².